The van der Waals surface area contributed by atoms with Gasteiger partial charge in [-0.15, -0.1) is 0 Å². The molecule has 0 radical (unpaired) electrons. The van der Waals surface area contributed by atoms with E-state index in [-0.39, 0.29) is 12.1 Å². The average molecular weight is 357 g/mol. The Kier molecular flexibility index (Phi) is 4.95. The van der Waals surface area contributed by atoms with Crippen molar-refractivity contribution >= 4 is 23.2 Å². The minimum absolute atomic E-state index is 0.0196. The van der Waals surface area contributed by atoms with Crippen LogP contribution < -0.4 is 10.9 Å². The molecule has 0 saturated heterocycles. The Balaban J connectivity index is 1.85. The molecule has 1 heterocycles. The molecular formula is C19H14ClFN2O2. The van der Waals surface area contributed by atoms with Gasteiger partial charge < -0.3 is 9.88 Å². The number of rotatable bonds is 4. The zero-order valence-corrected chi connectivity index (χ0v) is 13.8. The predicted octanol–water partition coefficient (Wildman–Crippen LogP) is 3.94. The van der Waals surface area contributed by atoms with Gasteiger partial charge in [0.2, 0.25) is 0 Å². The number of carbonyl (C=O) groups is 1. The van der Waals surface area contributed by atoms with Crippen LogP contribution in [0.25, 0.3) is 0 Å². The van der Waals surface area contributed by atoms with Crippen LogP contribution in [0.1, 0.15) is 15.9 Å². The van der Waals surface area contributed by atoms with Gasteiger partial charge in [0, 0.05) is 22.5 Å². The van der Waals surface area contributed by atoms with Gasteiger partial charge in [0.05, 0.1) is 6.54 Å². The second kappa shape index (κ2) is 7.32. The molecule has 0 fully saturated rings. The van der Waals surface area contributed by atoms with Gasteiger partial charge in [0.15, 0.2) is 0 Å². The molecule has 3 rings (SSSR count). The summed E-state index contributed by atoms with van der Waals surface area (Å²) in [5.74, 6) is -0.930. The molecule has 1 amide bonds. The topological polar surface area (TPSA) is 51.1 Å². The Morgan fingerprint density at radius 2 is 1.76 bits per heavy atom. The maximum Gasteiger partial charge on any atom is 0.263 e. The third kappa shape index (κ3) is 3.95. The molecule has 4 nitrogen and oxygen atoms in total. The number of benzene rings is 2. The number of amides is 1. The molecule has 126 valence electrons. The van der Waals surface area contributed by atoms with Gasteiger partial charge in [-0.25, -0.2) is 4.39 Å². The smallest absolute Gasteiger partial charge is 0.263 e. The first-order valence-corrected chi connectivity index (χ1v) is 7.92. The van der Waals surface area contributed by atoms with Crippen molar-refractivity contribution in [3.05, 3.63) is 99.2 Å². The molecule has 0 saturated carbocycles. The summed E-state index contributed by atoms with van der Waals surface area (Å²) >= 11 is 5.80. The van der Waals surface area contributed by atoms with E-state index in [1.165, 1.54) is 22.9 Å². The maximum absolute atomic E-state index is 13.8. The number of carbonyl (C=O) groups excluding carboxylic acids is 1. The van der Waals surface area contributed by atoms with Crippen LogP contribution in [0.3, 0.4) is 0 Å². The Morgan fingerprint density at radius 3 is 2.48 bits per heavy atom. The summed E-state index contributed by atoms with van der Waals surface area (Å²) in [5, 5.41) is 3.19. The van der Waals surface area contributed by atoms with Gasteiger partial charge in [-0.1, -0.05) is 29.8 Å². The molecule has 0 aliphatic rings. The van der Waals surface area contributed by atoms with Crippen molar-refractivity contribution in [2.24, 2.45) is 0 Å². The summed E-state index contributed by atoms with van der Waals surface area (Å²) in [5.41, 5.74) is 0.393. The fourth-order valence-electron chi connectivity index (χ4n) is 2.38. The van der Waals surface area contributed by atoms with E-state index >= 15 is 0 Å². The summed E-state index contributed by atoms with van der Waals surface area (Å²) in [7, 11) is 0. The summed E-state index contributed by atoms with van der Waals surface area (Å²) in [6, 6.07) is 15.8. The second-order valence-corrected chi connectivity index (χ2v) is 5.84. The lowest BCUT2D eigenvalue weighted by atomic mass is 10.2. The number of nitrogens with one attached hydrogen (secondary N) is 1. The Morgan fingerprint density at radius 1 is 1.04 bits per heavy atom. The van der Waals surface area contributed by atoms with Gasteiger partial charge >= 0.3 is 0 Å². The number of hydrogen-bond acceptors (Lipinski definition) is 2. The van der Waals surface area contributed by atoms with Crippen molar-refractivity contribution in [2.45, 2.75) is 6.54 Å². The van der Waals surface area contributed by atoms with Crippen LogP contribution in [-0.4, -0.2) is 10.5 Å². The highest BCUT2D eigenvalue weighted by Gasteiger charge is 2.13. The highest BCUT2D eigenvalue weighted by Crippen LogP contribution is 2.14. The van der Waals surface area contributed by atoms with E-state index in [0.717, 1.165) is 0 Å². The summed E-state index contributed by atoms with van der Waals surface area (Å²) in [6.07, 6.45) is 1.52. The molecule has 0 aliphatic carbocycles. The molecule has 0 aliphatic heterocycles. The first-order chi connectivity index (χ1) is 12.0. The number of anilines is 1. The molecule has 1 aromatic heterocycles. The van der Waals surface area contributed by atoms with Gasteiger partial charge in [0.25, 0.3) is 11.5 Å². The number of pyridine rings is 1. The molecule has 1 N–H and O–H groups in total. The Bertz CT molecular complexity index is 968. The fourth-order valence-corrected chi connectivity index (χ4v) is 2.50. The van der Waals surface area contributed by atoms with Gasteiger partial charge in [-0.3, -0.25) is 9.59 Å². The summed E-state index contributed by atoms with van der Waals surface area (Å²) < 4.78 is 15.1. The monoisotopic (exact) mass is 356 g/mol. The molecule has 25 heavy (non-hydrogen) atoms. The third-order valence-electron chi connectivity index (χ3n) is 3.67. The lowest BCUT2D eigenvalue weighted by Crippen LogP contribution is -2.29. The van der Waals surface area contributed by atoms with E-state index in [9.17, 15) is 14.0 Å². The van der Waals surface area contributed by atoms with Crippen molar-refractivity contribution in [1.29, 1.82) is 0 Å². The van der Waals surface area contributed by atoms with Crippen molar-refractivity contribution in [1.82, 2.24) is 4.57 Å². The second-order valence-electron chi connectivity index (χ2n) is 5.41. The van der Waals surface area contributed by atoms with Crippen LogP contribution in [0.15, 0.2) is 71.7 Å². The zero-order valence-electron chi connectivity index (χ0n) is 13.1. The zero-order chi connectivity index (χ0) is 17.8. The molecular weight excluding hydrogens is 343 g/mol. The van der Waals surface area contributed by atoms with E-state index in [1.54, 1.807) is 48.5 Å². The van der Waals surface area contributed by atoms with E-state index in [1.807, 2.05) is 0 Å². The standard InChI is InChI=1S/C19H14ClFN2O2/c20-14-7-9-15(10-8-14)22-18(24)16-5-3-11-23(19(16)25)12-13-4-1-2-6-17(13)21/h1-11H,12H2,(H,22,24). The first-order valence-electron chi connectivity index (χ1n) is 7.54. The van der Waals surface area contributed by atoms with Crippen molar-refractivity contribution in [2.75, 3.05) is 5.32 Å². The average Bonchev–Trinajstić information content (AvgIpc) is 2.60. The number of halogens is 2. The summed E-state index contributed by atoms with van der Waals surface area (Å²) in [4.78, 5) is 24.9. The van der Waals surface area contributed by atoms with Crippen LogP contribution in [0.5, 0.6) is 0 Å². The quantitative estimate of drug-likeness (QED) is 0.769. The van der Waals surface area contributed by atoms with Crippen molar-refractivity contribution in [3.8, 4) is 0 Å². The van der Waals surface area contributed by atoms with Crippen LogP contribution in [0.4, 0.5) is 10.1 Å². The third-order valence-corrected chi connectivity index (χ3v) is 3.92. The van der Waals surface area contributed by atoms with Crippen LogP contribution in [-0.2, 0) is 6.54 Å². The van der Waals surface area contributed by atoms with Gasteiger partial charge in [-0.2, -0.15) is 0 Å². The fraction of sp³-hybridized carbons (Fsp3) is 0.0526. The lowest BCUT2D eigenvalue weighted by molar-refractivity contribution is 0.102. The van der Waals surface area contributed by atoms with E-state index in [0.29, 0.717) is 16.3 Å². The number of aromatic nitrogens is 1. The van der Waals surface area contributed by atoms with Crippen LogP contribution in [0, 0.1) is 5.82 Å². The maximum atomic E-state index is 13.8. The molecule has 0 bridgehead atoms. The minimum Gasteiger partial charge on any atom is -0.322 e. The van der Waals surface area contributed by atoms with Crippen LogP contribution in [0.2, 0.25) is 5.02 Å². The molecule has 2 aromatic carbocycles. The number of hydrogen-bond donors (Lipinski definition) is 1. The Hall–Kier alpha value is -2.92. The highest BCUT2D eigenvalue weighted by atomic mass is 35.5. The van der Waals surface area contributed by atoms with Gasteiger partial charge in [-0.05, 0) is 42.5 Å². The predicted molar refractivity (Wildman–Crippen MR) is 95.6 cm³/mol. The first kappa shape index (κ1) is 16.9. The van der Waals surface area contributed by atoms with E-state index in [4.69, 9.17) is 11.6 Å². The normalized spacial score (nSPS) is 10.5. The Labute approximate surface area is 148 Å². The molecule has 0 spiro atoms. The molecule has 0 atom stereocenters. The van der Waals surface area contributed by atoms with E-state index < -0.39 is 17.3 Å². The van der Waals surface area contributed by atoms with Crippen LogP contribution >= 0.6 is 11.6 Å². The molecule has 6 heteroatoms. The van der Waals surface area contributed by atoms with Crippen molar-refractivity contribution < 1.29 is 9.18 Å². The molecule has 3 aromatic rings. The summed E-state index contributed by atoms with van der Waals surface area (Å²) in [6.45, 7) is 0.0492. The largest absolute Gasteiger partial charge is 0.322 e. The number of nitrogens with zero attached hydrogens (tertiary/aromatic N) is 1. The van der Waals surface area contributed by atoms with E-state index in [2.05, 4.69) is 5.32 Å². The lowest BCUT2D eigenvalue weighted by Gasteiger charge is -2.09. The highest BCUT2D eigenvalue weighted by molar-refractivity contribution is 6.30. The molecule has 0 unspecified atom stereocenters. The van der Waals surface area contributed by atoms with Gasteiger partial charge in [0.1, 0.15) is 11.4 Å². The van der Waals surface area contributed by atoms with Crippen molar-refractivity contribution in [3.63, 3.8) is 0 Å². The SMILES string of the molecule is O=C(Nc1ccc(Cl)cc1)c1cccn(Cc2ccccc2F)c1=O. The minimum atomic E-state index is -0.532.